The zero-order valence-electron chi connectivity index (χ0n) is 7.86. The maximum atomic E-state index is 3.30. The van der Waals surface area contributed by atoms with Crippen molar-refractivity contribution in [3.8, 4) is 0 Å². The van der Waals surface area contributed by atoms with Crippen LogP contribution in [-0.2, 0) is 0 Å². The minimum atomic E-state index is 0.175. The van der Waals surface area contributed by atoms with Crippen molar-refractivity contribution in [2.24, 2.45) is 0 Å². The van der Waals surface area contributed by atoms with Crippen molar-refractivity contribution in [1.29, 1.82) is 0 Å². The van der Waals surface area contributed by atoms with E-state index in [0.717, 1.165) is 0 Å². The summed E-state index contributed by atoms with van der Waals surface area (Å²) in [6, 6.07) is 0. The zero-order valence-corrected chi connectivity index (χ0v) is 7.86. The average molecular weight is 144 g/mol. The van der Waals surface area contributed by atoms with Gasteiger partial charge < -0.3 is 5.32 Å². The Kier molecular flexibility index (Phi) is 3.91. The molecular formula is C8H20N2. The molecule has 0 saturated carbocycles. The molecule has 0 aromatic rings. The number of hydrogen-bond donors (Lipinski definition) is 1. The highest BCUT2D eigenvalue weighted by Crippen LogP contribution is 2.13. The lowest BCUT2D eigenvalue weighted by Crippen LogP contribution is -2.51. The number of rotatable bonds is 4. The molecule has 10 heavy (non-hydrogen) atoms. The summed E-state index contributed by atoms with van der Waals surface area (Å²) >= 11 is 0. The molecule has 0 aliphatic rings. The van der Waals surface area contributed by atoms with Gasteiger partial charge in [-0.1, -0.05) is 13.3 Å². The first-order valence-corrected chi connectivity index (χ1v) is 3.93. The molecule has 0 bridgehead atoms. The lowest BCUT2D eigenvalue weighted by Gasteiger charge is -2.36. The fraction of sp³-hybridized carbons (Fsp3) is 1.00. The molecule has 0 fully saturated rings. The normalized spacial score (nSPS) is 17.4. The Labute approximate surface area is 64.6 Å². The fourth-order valence-corrected chi connectivity index (χ4v) is 1.06. The lowest BCUT2D eigenvalue weighted by atomic mass is 10.1. The van der Waals surface area contributed by atoms with Gasteiger partial charge in [0.25, 0.3) is 0 Å². The Hall–Kier alpha value is -0.0800. The van der Waals surface area contributed by atoms with E-state index < -0.39 is 0 Å². The van der Waals surface area contributed by atoms with Gasteiger partial charge in [0, 0.05) is 0 Å². The van der Waals surface area contributed by atoms with Crippen LogP contribution in [0.3, 0.4) is 0 Å². The zero-order chi connectivity index (χ0) is 8.20. The van der Waals surface area contributed by atoms with Gasteiger partial charge >= 0.3 is 0 Å². The van der Waals surface area contributed by atoms with Crippen molar-refractivity contribution in [1.82, 2.24) is 10.2 Å². The molecule has 62 valence electrons. The van der Waals surface area contributed by atoms with Crippen LogP contribution in [0.15, 0.2) is 0 Å². The predicted molar refractivity (Wildman–Crippen MR) is 46.1 cm³/mol. The maximum absolute atomic E-state index is 3.30. The summed E-state index contributed by atoms with van der Waals surface area (Å²) in [7, 11) is 6.22. The SMILES string of the molecule is CCCC(C)(NC)N(C)C. The van der Waals surface area contributed by atoms with E-state index in [1.807, 2.05) is 7.05 Å². The molecule has 0 aromatic carbocycles. The lowest BCUT2D eigenvalue weighted by molar-refractivity contribution is 0.127. The van der Waals surface area contributed by atoms with E-state index in [9.17, 15) is 0 Å². The second kappa shape index (κ2) is 3.94. The summed E-state index contributed by atoms with van der Waals surface area (Å²) in [5.41, 5.74) is 0.175. The molecular weight excluding hydrogens is 124 g/mol. The van der Waals surface area contributed by atoms with Gasteiger partial charge in [-0.05, 0) is 34.5 Å². The van der Waals surface area contributed by atoms with Crippen LogP contribution in [0, 0.1) is 0 Å². The van der Waals surface area contributed by atoms with Crippen LogP contribution < -0.4 is 5.32 Å². The van der Waals surface area contributed by atoms with Gasteiger partial charge in [-0.3, -0.25) is 4.90 Å². The van der Waals surface area contributed by atoms with E-state index in [1.54, 1.807) is 0 Å². The monoisotopic (exact) mass is 144 g/mol. The first-order chi connectivity index (χ1) is 4.56. The standard InChI is InChI=1S/C8H20N2/c1-6-7-8(2,9-3)10(4)5/h9H,6-7H2,1-5H3. The molecule has 0 radical (unpaired) electrons. The van der Waals surface area contributed by atoms with Crippen molar-refractivity contribution in [2.75, 3.05) is 21.1 Å². The minimum Gasteiger partial charge on any atom is -0.302 e. The van der Waals surface area contributed by atoms with Gasteiger partial charge in [-0.15, -0.1) is 0 Å². The van der Waals surface area contributed by atoms with Gasteiger partial charge in [0.2, 0.25) is 0 Å². The van der Waals surface area contributed by atoms with Crippen LogP contribution in [0.2, 0.25) is 0 Å². The molecule has 0 heterocycles. The molecule has 2 nitrogen and oxygen atoms in total. The van der Waals surface area contributed by atoms with Crippen LogP contribution in [-0.4, -0.2) is 31.7 Å². The van der Waals surface area contributed by atoms with E-state index in [2.05, 4.69) is 38.2 Å². The van der Waals surface area contributed by atoms with Gasteiger partial charge in [-0.2, -0.15) is 0 Å². The molecule has 0 amide bonds. The number of hydrogen-bond acceptors (Lipinski definition) is 2. The third-order valence-electron chi connectivity index (χ3n) is 2.26. The van der Waals surface area contributed by atoms with Crippen LogP contribution in [0.5, 0.6) is 0 Å². The Morgan fingerprint density at radius 1 is 1.40 bits per heavy atom. The van der Waals surface area contributed by atoms with E-state index in [4.69, 9.17) is 0 Å². The van der Waals surface area contributed by atoms with E-state index in [-0.39, 0.29) is 5.66 Å². The smallest absolute Gasteiger partial charge is 0.0675 e. The molecule has 0 rings (SSSR count). The predicted octanol–water partition coefficient (Wildman–Crippen LogP) is 1.28. The molecule has 1 N–H and O–H groups in total. The summed E-state index contributed by atoms with van der Waals surface area (Å²) < 4.78 is 0. The molecule has 1 atom stereocenters. The van der Waals surface area contributed by atoms with E-state index in [1.165, 1.54) is 12.8 Å². The second-order valence-electron chi connectivity index (χ2n) is 3.17. The molecule has 1 unspecified atom stereocenters. The minimum absolute atomic E-state index is 0.175. The van der Waals surface area contributed by atoms with Crippen LogP contribution in [0.1, 0.15) is 26.7 Å². The van der Waals surface area contributed by atoms with Gasteiger partial charge in [-0.25, -0.2) is 0 Å². The quantitative estimate of drug-likeness (QED) is 0.598. The maximum Gasteiger partial charge on any atom is 0.0675 e. The highest BCUT2D eigenvalue weighted by molar-refractivity contribution is 4.76. The third kappa shape index (κ3) is 2.27. The van der Waals surface area contributed by atoms with Gasteiger partial charge in [0.05, 0.1) is 5.66 Å². The van der Waals surface area contributed by atoms with Gasteiger partial charge in [0.1, 0.15) is 0 Å². The van der Waals surface area contributed by atoms with Gasteiger partial charge in [0.15, 0.2) is 0 Å². The summed E-state index contributed by atoms with van der Waals surface area (Å²) in [6.45, 7) is 4.43. The summed E-state index contributed by atoms with van der Waals surface area (Å²) in [4.78, 5) is 2.22. The van der Waals surface area contributed by atoms with Crippen LogP contribution in [0.25, 0.3) is 0 Å². The molecule has 0 aliphatic carbocycles. The second-order valence-corrected chi connectivity index (χ2v) is 3.17. The van der Waals surface area contributed by atoms with Crippen molar-refractivity contribution in [2.45, 2.75) is 32.4 Å². The largest absolute Gasteiger partial charge is 0.302 e. The van der Waals surface area contributed by atoms with E-state index >= 15 is 0 Å². The Bertz CT molecular complexity index is 91.3. The fourth-order valence-electron chi connectivity index (χ4n) is 1.06. The van der Waals surface area contributed by atoms with Crippen molar-refractivity contribution < 1.29 is 0 Å². The molecule has 0 aliphatic heterocycles. The Balaban J connectivity index is 3.94. The highest BCUT2D eigenvalue weighted by Gasteiger charge is 2.22. The van der Waals surface area contributed by atoms with Crippen molar-refractivity contribution in [3.05, 3.63) is 0 Å². The van der Waals surface area contributed by atoms with E-state index in [0.29, 0.717) is 0 Å². The molecule has 0 spiro atoms. The number of nitrogens with zero attached hydrogens (tertiary/aromatic N) is 1. The summed E-state index contributed by atoms with van der Waals surface area (Å²) in [5, 5.41) is 3.30. The molecule has 2 heteroatoms. The highest BCUT2D eigenvalue weighted by atomic mass is 15.3. The van der Waals surface area contributed by atoms with Crippen molar-refractivity contribution in [3.63, 3.8) is 0 Å². The average Bonchev–Trinajstić information content (AvgIpc) is 1.88. The first-order valence-electron chi connectivity index (χ1n) is 3.93. The third-order valence-corrected chi connectivity index (χ3v) is 2.26. The number of nitrogens with one attached hydrogen (secondary N) is 1. The summed E-state index contributed by atoms with van der Waals surface area (Å²) in [6.07, 6.45) is 2.41. The Morgan fingerprint density at radius 2 is 1.90 bits per heavy atom. The molecule has 0 aromatic heterocycles. The summed E-state index contributed by atoms with van der Waals surface area (Å²) in [5.74, 6) is 0. The topological polar surface area (TPSA) is 15.3 Å². The molecule has 0 saturated heterocycles. The van der Waals surface area contributed by atoms with Crippen LogP contribution in [0.4, 0.5) is 0 Å². The Morgan fingerprint density at radius 3 is 2.00 bits per heavy atom. The first kappa shape index (κ1) is 9.92. The van der Waals surface area contributed by atoms with Crippen molar-refractivity contribution >= 4 is 0 Å². The van der Waals surface area contributed by atoms with Crippen LogP contribution >= 0.6 is 0 Å².